The summed E-state index contributed by atoms with van der Waals surface area (Å²) in [5, 5.41) is 11.9. The highest BCUT2D eigenvalue weighted by Gasteiger charge is 2.19. The molecule has 0 atom stereocenters. The standard InChI is InChI=1S/C14H21NO4S/c1-8(2)6-15-12(16)7-19-10-5-11(9(3)4)20-13(10)14(17)18/h5,8-9H,6-7H2,1-4H3,(H,15,16)(H,17,18). The molecule has 112 valence electrons. The summed E-state index contributed by atoms with van der Waals surface area (Å²) in [6.07, 6.45) is 0. The van der Waals surface area contributed by atoms with Crippen LogP contribution in [0.15, 0.2) is 6.07 Å². The fourth-order valence-corrected chi connectivity index (χ4v) is 2.39. The number of rotatable bonds is 7. The molecule has 1 aromatic rings. The zero-order chi connectivity index (χ0) is 15.3. The quantitative estimate of drug-likeness (QED) is 0.811. The predicted molar refractivity (Wildman–Crippen MR) is 78.7 cm³/mol. The van der Waals surface area contributed by atoms with Crippen molar-refractivity contribution in [3.63, 3.8) is 0 Å². The number of carboxylic acid groups (broad SMARTS) is 1. The molecule has 5 nitrogen and oxygen atoms in total. The minimum atomic E-state index is -1.03. The summed E-state index contributed by atoms with van der Waals surface area (Å²) in [5.74, 6) is -0.412. The van der Waals surface area contributed by atoms with Crippen LogP contribution in [-0.2, 0) is 4.79 Å². The maximum Gasteiger partial charge on any atom is 0.349 e. The fourth-order valence-electron chi connectivity index (χ4n) is 1.45. The lowest BCUT2D eigenvalue weighted by molar-refractivity contribution is -0.123. The zero-order valence-electron chi connectivity index (χ0n) is 12.2. The largest absolute Gasteiger partial charge is 0.482 e. The van der Waals surface area contributed by atoms with Crippen LogP contribution in [0.25, 0.3) is 0 Å². The average Bonchev–Trinajstić information content (AvgIpc) is 2.78. The number of amides is 1. The summed E-state index contributed by atoms with van der Waals surface area (Å²) in [6, 6.07) is 1.70. The Kier molecular flexibility index (Phi) is 6.01. The maximum atomic E-state index is 11.6. The van der Waals surface area contributed by atoms with E-state index >= 15 is 0 Å². The molecule has 20 heavy (non-hydrogen) atoms. The van der Waals surface area contributed by atoms with Gasteiger partial charge in [0.25, 0.3) is 5.91 Å². The van der Waals surface area contributed by atoms with Gasteiger partial charge in [0, 0.05) is 11.4 Å². The summed E-state index contributed by atoms with van der Waals surface area (Å²) in [4.78, 5) is 23.8. The second-order valence-corrected chi connectivity index (χ2v) is 6.37. The summed E-state index contributed by atoms with van der Waals surface area (Å²) >= 11 is 1.19. The monoisotopic (exact) mass is 299 g/mol. The lowest BCUT2D eigenvalue weighted by Gasteiger charge is -2.08. The number of carboxylic acids is 1. The molecular weight excluding hydrogens is 278 g/mol. The highest BCUT2D eigenvalue weighted by atomic mass is 32.1. The second kappa shape index (κ2) is 7.28. The normalized spacial score (nSPS) is 10.9. The molecule has 0 unspecified atom stereocenters. The Bertz CT molecular complexity index is 480. The van der Waals surface area contributed by atoms with Crippen LogP contribution < -0.4 is 10.1 Å². The van der Waals surface area contributed by atoms with Crippen molar-refractivity contribution in [1.29, 1.82) is 0 Å². The van der Waals surface area contributed by atoms with Crippen molar-refractivity contribution < 1.29 is 19.4 Å². The molecular formula is C14H21NO4S. The molecule has 1 heterocycles. The number of thiophene rings is 1. The van der Waals surface area contributed by atoms with Crippen LogP contribution in [0.5, 0.6) is 5.75 Å². The van der Waals surface area contributed by atoms with Crippen LogP contribution in [0, 0.1) is 5.92 Å². The maximum absolute atomic E-state index is 11.6. The fraction of sp³-hybridized carbons (Fsp3) is 0.571. The van der Waals surface area contributed by atoms with Crippen molar-refractivity contribution in [3.8, 4) is 5.75 Å². The molecule has 0 saturated heterocycles. The van der Waals surface area contributed by atoms with E-state index in [4.69, 9.17) is 9.84 Å². The van der Waals surface area contributed by atoms with Crippen LogP contribution in [0.1, 0.15) is 48.2 Å². The molecule has 0 radical (unpaired) electrons. The van der Waals surface area contributed by atoms with Crippen LogP contribution in [0.4, 0.5) is 0 Å². The van der Waals surface area contributed by atoms with E-state index in [0.717, 1.165) is 4.88 Å². The first-order valence-corrected chi connectivity index (χ1v) is 7.39. The molecule has 0 spiro atoms. The summed E-state index contributed by atoms with van der Waals surface area (Å²) in [5.41, 5.74) is 0. The van der Waals surface area contributed by atoms with Gasteiger partial charge in [0.15, 0.2) is 11.5 Å². The molecule has 0 aromatic carbocycles. The lowest BCUT2D eigenvalue weighted by Crippen LogP contribution is -2.31. The van der Waals surface area contributed by atoms with Gasteiger partial charge in [0.2, 0.25) is 0 Å². The molecule has 0 fully saturated rings. The van der Waals surface area contributed by atoms with Gasteiger partial charge in [-0.25, -0.2) is 4.79 Å². The molecule has 1 aromatic heterocycles. The zero-order valence-corrected chi connectivity index (χ0v) is 13.0. The van der Waals surface area contributed by atoms with Crippen molar-refractivity contribution in [1.82, 2.24) is 5.32 Å². The summed E-state index contributed by atoms with van der Waals surface area (Å²) in [7, 11) is 0. The van der Waals surface area contributed by atoms with Gasteiger partial charge >= 0.3 is 5.97 Å². The predicted octanol–water partition coefficient (Wildman–Crippen LogP) is 2.72. The Labute approximate surface area is 123 Å². The molecule has 0 bridgehead atoms. The Hall–Kier alpha value is -1.56. The smallest absolute Gasteiger partial charge is 0.349 e. The third-order valence-corrected chi connectivity index (χ3v) is 3.95. The Balaban J connectivity index is 2.67. The molecule has 1 amide bonds. The van der Waals surface area contributed by atoms with Gasteiger partial charge < -0.3 is 15.2 Å². The van der Waals surface area contributed by atoms with Crippen molar-refractivity contribution in [2.45, 2.75) is 33.6 Å². The first-order chi connectivity index (χ1) is 9.31. The van der Waals surface area contributed by atoms with Gasteiger partial charge in [-0.3, -0.25) is 4.79 Å². The first kappa shape index (κ1) is 16.5. The lowest BCUT2D eigenvalue weighted by atomic mass is 10.2. The molecule has 6 heteroatoms. The first-order valence-electron chi connectivity index (χ1n) is 6.57. The van der Waals surface area contributed by atoms with E-state index in [1.807, 2.05) is 27.7 Å². The molecule has 0 aliphatic carbocycles. The van der Waals surface area contributed by atoms with E-state index in [1.165, 1.54) is 11.3 Å². The number of carbonyl (C=O) groups excluding carboxylic acids is 1. The van der Waals surface area contributed by atoms with Crippen molar-refractivity contribution in [2.75, 3.05) is 13.2 Å². The Morgan fingerprint density at radius 1 is 1.35 bits per heavy atom. The topological polar surface area (TPSA) is 75.6 Å². The van der Waals surface area contributed by atoms with Gasteiger partial charge in [-0.15, -0.1) is 11.3 Å². The van der Waals surface area contributed by atoms with Gasteiger partial charge in [-0.2, -0.15) is 0 Å². The minimum absolute atomic E-state index is 0.144. The molecule has 0 aliphatic heterocycles. The van der Waals surface area contributed by atoms with Crippen LogP contribution in [-0.4, -0.2) is 30.1 Å². The number of nitrogens with one attached hydrogen (secondary N) is 1. The Morgan fingerprint density at radius 2 is 2.00 bits per heavy atom. The van der Waals surface area contributed by atoms with Crippen molar-refractivity contribution in [2.24, 2.45) is 5.92 Å². The van der Waals surface area contributed by atoms with Gasteiger partial charge in [0.1, 0.15) is 5.75 Å². The van der Waals surface area contributed by atoms with Gasteiger partial charge in [-0.05, 0) is 17.9 Å². The number of hydrogen-bond donors (Lipinski definition) is 2. The third kappa shape index (κ3) is 4.85. The number of ether oxygens (including phenoxy) is 1. The SMILES string of the molecule is CC(C)CNC(=O)COc1cc(C(C)C)sc1C(=O)O. The van der Waals surface area contributed by atoms with E-state index in [-0.39, 0.29) is 29.1 Å². The third-order valence-electron chi connectivity index (χ3n) is 2.55. The van der Waals surface area contributed by atoms with E-state index in [9.17, 15) is 9.59 Å². The van der Waals surface area contributed by atoms with E-state index in [2.05, 4.69) is 5.32 Å². The summed E-state index contributed by atoms with van der Waals surface area (Å²) < 4.78 is 5.34. The van der Waals surface area contributed by atoms with Crippen LogP contribution in [0.2, 0.25) is 0 Å². The number of aromatic carboxylic acids is 1. The van der Waals surface area contributed by atoms with Crippen LogP contribution in [0.3, 0.4) is 0 Å². The molecule has 0 aliphatic rings. The van der Waals surface area contributed by atoms with Gasteiger partial charge in [-0.1, -0.05) is 27.7 Å². The van der Waals surface area contributed by atoms with Crippen LogP contribution >= 0.6 is 11.3 Å². The molecule has 2 N–H and O–H groups in total. The number of carbonyl (C=O) groups is 2. The van der Waals surface area contributed by atoms with E-state index < -0.39 is 5.97 Å². The highest BCUT2D eigenvalue weighted by molar-refractivity contribution is 7.14. The minimum Gasteiger partial charge on any atom is -0.482 e. The second-order valence-electron chi connectivity index (χ2n) is 5.29. The summed E-state index contributed by atoms with van der Waals surface area (Å²) in [6.45, 7) is 8.37. The highest BCUT2D eigenvalue weighted by Crippen LogP contribution is 2.33. The van der Waals surface area contributed by atoms with Crippen molar-refractivity contribution in [3.05, 3.63) is 15.8 Å². The van der Waals surface area contributed by atoms with Crippen molar-refractivity contribution >= 4 is 23.2 Å². The number of hydrogen-bond acceptors (Lipinski definition) is 4. The van der Waals surface area contributed by atoms with E-state index in [1.54, 1.807) is 6.07 Å². The van der Waals surface area contributed by atoms with Gasteiger partial charge in [0.05, 0.1) is 0 Å². The molecule has 1 rings (SSSR count). The Morgan fingerprint density at radius 3 is 2.50 bits per heavy atom. The molecule has 0 saturated carbocycles. The van der Waals surface area contributed by atoms with E-state index in [0.29, 0.717) is 12.5 Å². The average molecular weight is 299 g/mol.